The van der Waals surface area contributed by atoms with Crippen molar-refractivity contribution in [3.63, 3.8) is 0 Å². The summed E-state index contributed by atoms with van der Waals surface area (Å²) in [6, 6.07) is 6.48. The number of hydrogen-bond donors (Lipinski definition) is 1. The van der Waals surface area contributed by atoms with Gasteiger partial charge in [-0.05, 0) is 38.6 Å². The van der Waals surface area contributed by atoms with Gasteiger partial charge in [-0.3, -0.25) is 0 Å². The summed E-state index contributed by atoms with van der Waals surface area (Å²) in [5.41, 5.74) is 2.50. The molecule has 1 aromatic heterocycles. The number of nitrogens with zero attached hydrogens (tertiary/aromatic N) is 3. The highest BCUT2D eigenvalue weighted by atomic mass is 19.1. The monoisotopic (exact) mass is 248 g/mol. The first-order valence-electron chi connectivity index (χ1n) is 6.05. The van der Waals surface area contributed by atoms with Gasteiger partial charge in [0.2, 0.25) is 0 Å². The van der Waals surface area contributed by atoms with Crippen LogP contribution >= 0.6 is 0 Å². The van der Waals surface area contributed by atoms with E-state index in [1.165, 1.54) is 12.1 Å². The molecule has 1 heterocycles. The molecule has 1 atom stereocenters. The van der Waals surface area contributed by atoms with Crippen LogP contribution in [0.3, 0.4) is 0 Å². The first-order chi connectivity index (χ1) is 8.63. The van der Waals surface area contributed by atoms with Crippen LogP contribution in [0.2, 0.25) is 0 Å². The van der Waals surface area contributed by atoms with Gasteiger partial charge in [-0.15, -0.1) is 5.10 Å². The van der Waals surface area contributed by atoms with Crippen LogP contribution in [0.4, 0.5) is 4.39 Å². The molecule has 0 saturated carbocycles. The van der Waals surface area contributed by atoms with Gasteiger partial charge < -0.3 is 5.32 Å². The predicted molar refractivity (Wildman–Crippen MR) is 68.1 cm³/mol. The normalized spacial score (nSPS) is 12.7. The smallest absolute Gasteiger partial charge is 0.125 e. The number of aromatic nitrogens is 3. The average Bonchev–Trinajstić information content (AvgIpc) is 2.71. The van der Waals surface area contributed by atoms with Crippen molar-refractivity contribution in [1.82, 2.24) is 20.3 Å². The maximum absolute atomic E-state index is 13.2. The van der Waals surface area contributed by atoms with E-state index in [0.717, 1.165) is 17.9 Å². The highest BCUT2D eigenvalue weighted by Gasteiger charge is 2.15. The van der Waals surface area contributed by atoms with Crippen LogP contribution in [0.5, 0.6) is 0 Å². The van der Waals surface area contributed by atoms with E-state index in [9.17, 15) is 4.39 Å². The summed E-state index contributed by atoms with van der Waals surface area (Å²) in [5.74, 6) is -0.274. The van der Waals surface area contributed by atoms with Gasteiger partial charge in [-0.25, -0.2) is 9.07 Å². The van der Waals surface area contributed by atoms with Crippen molar-refractivity contribution in [2.24, 2.45) is 0 Å². The van der Waals surface area contributed by atoms with E-state index in [1.807, 2.05) is 26.8 Å². The lowest BCUT2D eigenvalue weighted by molar-refractivity contribution is 0.579. The van der Waals surface area contributed by atoms with E-state index < -0.39 is 0 Å². The Bertz CT molecular complexity index is 536. The second-order valence-corrected chi connectivity index (χ2v) is 4.23. The number of rotatable bonds is 4. The Morgan fingerprint density at radius 3 is 2.89 bits per heavy atom. The zero-order chi connectivity index (χ0) is 13.1. The molecule has 1 unspecified atom stereocenters. The molecule has 1 N–H and O–H groups in total. The van der Waals surface area contributed by atoms with E-state index >= 15 is 0 Å². The second-order valence-electron chi connectivity index (χ2n) is 4.23. The standard InChI is InChI=1S/C13H17FN4/c1-4-15-9(2)13-10(3)18(17-16-13)12-7-5-6-11(14)8-12/h5-9,15H,4H2,1-3H3. The number of halogens is 1. The molecule has 0 aliphatic heterocycles. The zero-order valence-corrected chi connectivity index (χ0v) is 10.8. The lowest BCUT2D eigenvalue weighted by Crippen LogP contribution is -2.19. The molecule has 0 fully saturated rings. The fraction of sp³-hybridized carbons (Fsp3) is 0.385. The second kappa shape index (κ2) is 5.27. The summed E-state index contributed by atoms with van der Waals surface area (Å²) in [6.45, 7) is 6.89. The Hall–Kier alpha value is -1.75. The van der Waals surface area contributed by atoms with E-state index in [0.29, 0.717) is 5.69 Å². The van der Waals surface area contributed by atoms with Gasteiger partial charge in [0.1, 0.15) is 11.5 Å². The first-order valence-corrected chi connectivity index (χ1v) is 6.05. The maximum Gasteiger partial charge on any atom is 0.125 e. The third-order valence-electron chi connectivity index (χ3n) is 2.90. The molecule has 0 aliphatic rings. The van der Waals surface area contributed by atoms with Gasteiger partial charge in [0.25, 0.3) is 0 Å². The molecule has 0 radical (unpaired) electrons. The summed E-state index contributed by atoms with van der Waals surface area (Å²) in [4.78, 5) is 0. The fourth-order valence-electron chi connectivity index (χ4n) is 2.00. The number of nitrogens with one attached hydrogen (secondary N) is 1. The van der Waals surface area contributed by atoms with Crippen LogP contribution in [0, 0.1) is 12.7 Å². The van der Waals surface area contributed by atoms with E-state index in [-0.39, 0.29) is 11.9 Å². The van der Waals surface area contributed by atoms with Gasteiger partial charge >= 0.3 is 0 Å². The molecule has 96 valence electrons. The Morgan fingerprint density at radius 1 is 1.44 bits per heavy atom. The van der Waals surface area contributed by atoms with Crippen molar-refractivity contribution in [3.05, 3.63) is 41.5 Å². The molecule has 0 aliphatic carbocycles. The summed E-state index contributed by atoms with van der Waals surface area (Å²) in [7, 11) is 0. The third-order valence-corrected chi connectivity index (χ3v) is 2.90. The van der Waals surface area contributed by atoms with E-state index in [4.69, 9.17) is 0 Å². The molecular weight excluding hydrogens is 231 g/mol. The van der Waals surface area contributed by atoms with Gasteiger partial charge in [0, 0.05) is 0 Å². The summed E-state index contributed by atoms with van der Waals surface area (Å²) >= 11 is 0. The molecule has 0 bridgehead atoms. The molecule has 5 heteroatoms. The third kappa shape index (κ3) is 2.41. The minimum absolute atomic E-state index is 0.136. The molecule has 18 heavy (non-hydrogen) atoms. The van der Waals surface area contributed by atoms with Gasteiger partial charge in [0.15, 0.2) is 0 Å². The first kappa shape index (κ1) is 12.7. The van der Waals surface area contributed by atoms with Crippen molar-refractivity contribution in [2.45, 2.75) is 26.8 Å². The van der Waals surface area contributed by atoms with Crippen LogP contribution in [-0.4, -0.2) is 21.5 Å². The van der Waals surface area contributed by atoms with Gasteiger partial charge in [-0.1, -0.05) is 18.2 Å². The molecular formula is C13H17FN4. The summed E-state index contributed by atoms with van der Waals surface area (Å²) in [6.07, 6.45) is 0. The Balaban J connectivity index is 2.36. The van der Waals surface area contributed by atoms with Gasteiger partial charge in [0.05, 0.1) is 17.4 Å². The van der Waals surface area contributed by atoms with Crippen molar-refractivity contribution in [2.75, 3.05) is 6.54 Å². The minimum Gasteiger partial charge on any atom is -0.309 e. The van der Waals surface area contributed by atoms with E-state index in [1.54, 1.807) is 10.7 Å². The van der Waals surface area contributed by atoms with Crippen LogP contribution in [-0.2, 0) is 0 Å². The van der Waals surface area contributed by atoms with Crippen LogP contribution < -0.4 is 5.32 Å². The number of hydrogen-bond acceptors (Lipinski definition) is 3. The van der Waals surface area contributed by atoms with Gasteiger partial charge in [-0.2, -0.15) is 0 Å². The lowest BCUT2D eigenvalue weighted by Gasteiger charge is -2.10. The Morgan fingerprint density at radius 2 is 2.22 bits per heavy atom. The fourth-order valence-corrected chi connectivity index (χ4v) is 2.00. The molecule has 1 aromatic carbocycles. The van der Waals surface area contributed by atoms with Crippen molar-refractivity contribution >= 4 is 0 Å². The molecule has 0 amide bonds. The molecule has 2 rings (SSSR count). The van der Waals surface area contributed by atoms with Crippen molar-refractivity contribution in [3.8, 4) is 5.69 Å². The summed E-state index contributed by atoms with van der Waals surface area (Å²) < 4.78 is 14.9. The van der Waals surface area contributed by atoms with Crippen LogP contribution in [0.25, 0.3) is 5.69 Å². The van der Waals surface area contributed by atoms with Crippen LogP contribution in [0.1, 0.15) is 31.3 Å². The quantitative estimate of drug-likeness (QED) is 0.903. The Labute approximate surface area is 106 Å². The summed E-state index contributed by atoms with van der Waals surface area (Å²) in [5, 5.41) is 11.5. The van der Waals surface area contributed by atoms with Crippen molar-refractivity contribution < 1.29 is 4.39 Å². The largest absolute Gasteiger partial charge is 0.309 e. The van der Waals surface area contributed by atoms with Crippen molar-refractivity contribution in [1.29, 1.82) is 0 Å². The molecule has 0 saturated heterocycles. The highest BCUT2D eigenvalue weighted by Crippen LogP contribution is 2.17. The maximum atomic E-state index is 13.2. The SMILES string of the molecule is CCNC(C)c1nnn(-c2cccc(F)c2)c1C. The topological polar surface area (TPSA) is 42.7 Å². The highest BCUT2D eigenvalue weighted by molar-refractivity contribution is 5.33. The van der Waals surface area contributed by atoms with E-state index in [2.05, 4.69) is 15.6 Å². The zero-order valence-electron chi connectivity index (χ0n) is 10.8. The molecule has 0 spiro atoms. The minimum atomic E-state index is -0.274. The molecule has 4 nitrogen and oxygen atoms in total. The number of benzene rings is 1. The predicted octanol–water partition coefficient (Wildman–Crippen LogP) is 2.39. The lowest BCUT2D eigenvalue weighted by atomic mass is 10.2. The average molecular weight is 248 g/mol. The molecule has 2 aromatic rings. The Kier molecular flexibility index (Phi) is 3.72. The van der Waals surface area contributed by atoms with Crippen LogP contribution in [0.15, 0.2) is 24.3 Å².